The van der Waals surface area contributed by atoms with Crippen molar-refractivity contribution in [2.75, 3.05) is 0 Å². The lowest BCUT2D eigenvalue weighted by molar-refractivity contribution is -0.128. The molecule has 2 atom stereocenters. The first-order valence-corrected chi connectivity index (χ1v) is 8.03. The van der Waals surface area contributed by atoms with Crippen LogP contribution in [0.25, 0.3) is 0 Å². The smallest absolute Gasteiger partial charge is 0.250 e. The Bertz CT molecular complexity index is 665. The lowest BCUT2D eigenvalue weighted by atomic mass is 9.68. The van der Waals surface area contributed by atoms with E-state index in [4.69, 9.17) is 11.6 Å². The molecule has 2 bridgehead atoms. The number of halogens is 1. The van der Waals surface area contributed by atoms with Crippen molar-refractivity contribution in [3.05, 3.63) is 47.0 Å². The molecular formula is C18H21ClN2O. The molecule has 2 aliphatic carbocycles. The topological polar surface area (TPSA) is 41.5 Å². The Balaban J connectivity index is 1.73. The lowest BCUT2D eigenvalue weighted by Gasteiger charge is -2.36. The average Bonchev–Trinajstić information content (AvgIpc) is 3.01. The third kappa shape index (κ3) is 2.19. The van der Waals surface area contributed by atoms with Crippen molar-refractivity contribution < 1.29 is 4.79 Å². The number of rotatable bonds is 3. The molecule has 1 amide bonds. The molecule has 0 aliphatic heterocycles. The van der Waals surface area contributed by atoms with Crippen molar-refractivity contribution in [3.8, 4) is 0 Å². The Hall–Kier alpha value is -1.61. The molecule has 3 rings (SSSR count). The number of hydrogen-bond acceptors (Lipinski definition) is 2. The number of carbonyl (C=O) groups is 1. The second-order valence-corrected chi connectivity index (χ2v) is 7.35. The van der Waals surface area contributed by atoms with Crippen molar-refractivity contribution in [3.63, 3.8) is 0 Å². The fourth-order valence-electron chi connectivity index (χ4n) is 3.99. The fraction of sp³-hybridized carbons (Fsp3) is 0.444. The number of nitrogens with zero attached hydrogens (tertiary/aromatic N) is 1. The van der Waals surface area contributed by atoms with E-state index in [-0.39, 0.29) is 11.3 Å². The minimum atomic E-state index is -0.439. The van der Waals surface area contributed by atoms with E-state index < -0.39 is 5.41 Å². The summed E-state index contributed by atoms with van der Waals surface area (Å²) in [4.78, 5) is 12.7. The highest BCUT2D eigenvalue weighted by atomic mass is 35.5. The molecule has 0 heterocycles. The fourth-order valence-corrected chi connectivity index (χ4v) is 4.17. The van der Waals surface area contributed by atoms with Gasteiger partial charge in [0.05, 0.1) is 11.6 Å². The van der Waals surface area contributed by atoms with Gasteiger partial charge in [-0.25, -0.2) is 5.43 Å². The van der Waals surface area contributed by atoms with Gasteiger partial charge in [0.2, 0.25) is 5.91 Å². The number of carbonyl (C=O) groups excluding carboxylic acids is 1. The summed E-state index contributed by atoms with van der Waals surface area (Å²) in [5.41, 5.74) is 4.15. The molecule has 0 radical (unpaired) electrons. The van der Waals surface area contributed by atoms with Gasteiger partial charge in [0, 0.05) is 10.6 Å². The van der Waals surface area contributed by atoms with Crippen molar-refractivity contribution >= 4 is 23.7 Å². The summed E-state index contributed by atoms with van der Waals surface area (Å²) < 4.78 is 0. The molecule has 1 aromatic rings. The molecule has 2 fully saturated rings. The summed E-state index contributed by atoms with van der Waals surface area (Å²) >= 11 is 6.07. The van der Waals surface area contributed by atoms with E-state index in [1.165, 1.54) is 0 Å². The van der Waals surface area contributed by atoms with Crippen LogP contribution in [0.5, 0.6) is 0 Å². The highest BCUT2D eigenvalue weighted by Crippen LogP contribution is 2.65. The Morgan fingerprint density at radius 3 is 2.82 bits per heavy atom. The van der Waals surface area contributed by atoms with Gasteiger partial charge in [-0.15, -0.1) is 0 Å². The predicted molar refractivity (Wildman–Crippen MR) is 89.9 cm³/mol. The van der Waals surface area contributed by atoms with Gasteiger partial charge in [-0.3, -0.25) is 4.79 Å². The van der Waals surface area contributed by atoms with Crippen LogP contribution in [0.15, 0.2) is 41.5 Å². The van der Waals surface area contributed by atoms with Crippen LogP contribution in [-0.4, -0.2) is 12.1 Å². The first-order chi connectivity index (χ1) is 10.4. The van der Waals surface area contributed by atoms with Crippen molar-refractivity contribution in [2.24, 2.45) is 21.8 Å². The SMILES string of the molecule is C=C1C(C)(C)[C@H]2CC[C@]1(C(=O)N/N=C/c1ccccc1Cl)C2. The first kappa shape index (κ1) is 15.3. The summed E-state index contributed by atoms with van der Waals surface area (Å²) in [5, 5.41) is 4.71. The zero-order valence-corrected chi connectivity index (χ0v) is 13.8. The molecule has 1 aromatic carbocycles. The molecule has 0 saturated heterocycles. The Labute approximate surface area is 136 Å². The van der Waals surface area contributed by atoms with Gasteiger partial charge in [-0.2, -0.15) is 5.10 Å². The number of fused-ring (bicyclic) bond motifs is 2. The van der Waals surface area contributed by atoms with Crippen LogP contribution in [0.4, 0.5) is 0 Å². The minimum absolute atomic E-state index is 0.0334. The molecule has 2 saturated carbocycles. The van der Waals surface area contributed by atoms with Gasteiger partial charge in [-0.1, -0.05) is 55.8 Å². The lowest BCUT2D eigenvalue weighted by Crippen LogP contribution is -2.39. The van der Waals surface area contributed by atoms with E-state index in [0.29, 0.717) is 10.9 Å². The average molecular weight is 317 g/mol. The van der Waals surface area contributed by atoms with E-state index in [0.717, 1.165) is 30.4 Å². The Kier molecular flexibility index (Phi) is 3.64. The highest BCUT2D eigenvalue weighted by Gasteiger charge is 2.60. The molecule has 3 nitrogen and oxygen atoms in total. The Morgan fingerprint density at radius 1 is 1.45 bits per heavy atom. The molecule has 0 unspecified atom stereocenters. The first-order valence-electron chi connectivity index (χ1n) is 7.66. The summed E-state index contributed by atoms with van der Waals surface area (Å²) in [6, 6.07) is 7.41. The van der Waals surface area contributed by atoms with Crippen LogP contribution in [0.1, 0.15) is 38.7 Å². The summed E-state index contributed by atoms with van der Waals surface area (Å²) in [7, 11) is 0. The van der Waals surface area contributed by atoms with Crippen LogP contribution in [0, 0.1) is 16.7 Å². The van der Waals surface area contributed by atoms with Crippen molar-refractivity contribution in [1.29, 1.82) is 0 Å². The van der Waals surface area contributed by atoms with Crippen molar-refractivity contribution in [1.82, 2.24) is 5.43 Å². The van der Waals surface area contributed by atoms with Crippen LogP contribution in [-0.2, 0) is 4.79 Å². The number of benzene rings is 1. The quantitative estimate of drug-likeness (QED) is 0.507. The molecule has 116 valence electrons. The molecule has 0 spiro atoms. The number of hydrogen-bond donors (Lipinski definition) is 1. The molecule has 2 aliphatic rings. The summed E-state index contributed by atoms with van der Waals surface area (Å²) in [6.45, 7) is 8.62. The number of nitrogens with one attached hydrogen (secondary N) is 1. The standard InChI is InChI=1S/C18H21ClN2O/c1-12-17(2,3)14-8-9-18(12,10-14)16(22)21-20-11-13-6-4-5-7-15(13)19/h4-7,11,14H,1,8-10H2,2-3H3,(H,21,22)/b20-11+/t14-,18-/m0/s1. The third-order valence-electron chi connectivity index (χ3n) is 5.60. The van der Waals surface area contributed by atoms with Crippen LogP contribution in [0.2, 0.25) is 5.02 Å². The van der Waals surface area contributed by atoms with E-state index in [2.05, 4.69) is 31.0 Å². The second-order valence-electron chi connectivity index (χ2n) is 6.94. The summed E-state index contributed by atoms with van der Waals surface area (Å²) in [6.07, 6.45) is 4.46. The van der Waals surface area contributed by atoms with Gasteiger partial charge in [0.25, 0.3) is 0 Å². The molecule has 1 N–H and O–H groups in total. The maximum Gasteiger partial charge on any atom is 0.250 e. The van der Waals surface area contributed by atoms with Crippen LogP contribution in [0.3, 0.4) is 0 Å². The summed E-state index contributed by atoms with van der Waals surface area (Å²) in [5.74, 6) is 0.521. The van der Waals surface area contributed by atoms with Gasteiger partial charge >= 0.3 is 0 Å². The predicted octanol–water partition coefficient (Wildman–Crippen LogP) is 4.17. The normalized spacial score (nSPS) is 29.2. The Morgan fingerprint density at radius 2 is 2.18 bits per heavy atom. The maximum absolute atomic E-state index is 12.7. The van der Waals surface area contributed by atoms with E-state index in [1.807, 2.05) is 18.2 Å². The van der Waals surface area contributed by atoms with E-state index in [1.54, 1.807) is 12.3 Å². The highest BCUT2D eigenvalue weighted by molar-refractivity contribution is 6.33. The minimum Gasteiger partial charge on any atom is -0.272 e. The number of hydrazone groups is 1. The third-order valence-corrected chi connectivity index (χ3v) is 5.94. The second kappa shape index (κ2) is 5.24. The molecule has 0 aromatic heterocycles. The van der Waals surface area contributed by atoms with Gasteiger partial charge < -0.3 is 0 Å². The van der Waals surface area contributed by atoms with Gasteiger partial charge in [0.15, 0.2) is 0 Å². The molecular weight excluding hydrogens is 296 g/mol. The monoisotopic (exact) mass is 316 g/mol. The molecule has 22 heavy (non-hydrogen) atoms. The largest absolute Gasteiger partial charge is 0.272 e. The zero-order chi connectivity index (χ0) is 16.0. The van der Waals surface area contributed by atoms with Crippen LogP contribution < -0.4 is 5.43 Å². The number of amides is 1. The van der Waals surface area contributed by atoms with E-state index >= 15 is 0 Å². The van der Waals surface area contributed by atoms with Crippen molar-refractivity contribution in [2.45, 2.75) is 33.1 Å². The maximum atomic E-state index is 12.7. The molecule has 4 heteroatoms. The zero-order valence-electron chi connectivity index (χ0n) is 13.0. The van der Waals surface area contributed by atoms with Gasteiger partial charge in [0.1, 0.15) is 0 Å². The van der Waals surface area contributed by atoms with Crippen LogP contribution >= 0.6 is 11.6 Å². The van der Waals surface area contributed by atoms with E-state index in [9.17, 15) is 4.79 Å². The van der Waals surface area contributed by atoms with Gasteiger partial charge in [-0.05, 0) is 36.7 Å².